The molecular weight excluding hydrogens is 453 g/mol. The average Bonchev–Trinajstić information content (AvgIpc) is 3.32. The molecule has 0 bridgehead atoms. The number of nitrogens with one attached hydrogen (secondary N) is 1. The van der Waals surface area contributed by atoms with Crippen LogP contribution < -0.4 is 61.8 Å². The van der Waals surface area contributed by atoms with Gasteiger partial charge in [-0.2, -0.15) is 8.78 Å². The number of anilines is 1. The largest absolute Gasteiger partial charge is 1.00 e. The molecule has 0 aliphatic carbocycles. The summed E-state index contributed by atoms with van der Waals surface area (Å²) < 4.78 is 35.8. The Morgan fingerprint density at radius 1 is 1.28 bits per heavy atom. The van der Waals surface area contributed by atoms with E-state index in [-0.39, 0.29) is 80.7 Å². The Morgan fingerprint density at radius 2 is 2.00 bits per heavy atom. The number of carboxylic acid groups (broad SMARTS) is 1. The van der Waals surface area contributed by atoms with Crippen LogP contribution >= 0.6 is 0 Å². The fraction of sp³-hybridized carbons (Fsp3) is 0.300. The minimum absolute atomic E-state index is 0. The third kappa shape index (κ3) is 5.62. The van der Waals surface area contributed by atoms with Crippen LogP contribution in [-0.4, -0.2) is 37.6 Å². The zero-order chi connectivity index (χ0) is 22.8. The Morgan fingerprint density at radius 3 is 2.56 bits per heavy atom. The Hall–Kier alpha value is -2.12. The molecule has 0 aliphatic rings. The van der Waals surface area contributed by atoms with Gasteiger partial charge in [0.1, 0.15) is 17.2 Å². The fourth-order valence-electron chi connectivity index (χ4n) is 3.02. The minimum atomic E-state index is -3.92. The van der Waals surface area contributed by atoms with E-state index in [0.717, 1.165) is 0 Å². The maximum Gasteiger partial charge on any atom is 1.00 e. The van der Waals surface area contributed by atoms with Crippen LogP contribution in [0.15, 0.2) is 35.2 Å². The topological polar surface area (TPSA) is 133 Å². The maximum atomic E-state index is 14.7. The first-order valence-electron chi connectivity index (χ1n) is 9.39. The number of hydrogen-bond donors (Lipinski definition) is 2. The normalized spacial score (nSPS) is 11.1. The maximum absolute atomic E-state index is 14.7. The van der Waals surface area contributed by atoms with E-state index < -0.39 is 29.8 Å². The summed E-state index contributed by atoms with van der Waals surface area (Å²) in [6.07, 6.45) is 2.80. The van der Waals surface area contributed by atoms with Crippen LogP contribution in [0.2, 0.25) is 0 Å². The van der Waals surface area contributed by atoms with Crippen LogP contribution in [0.1, 0.15) is 35.5 Å². The summed E-state index contributed by atoms with van der Waals surface area (Å²) in [5, 5.41) is 26.3. The molecule has 32 heavy (non-hydrogen) atoms. The second-order valence-electron chi connectivity index (χ2n) is 6.73. The predicted octanol–water partition coefficient (Wildman–Crippen LogP) is -0.990. The van der Waals surface area contributed by atoms with Gasteiger partial charge < -0.3 is 29.4 Å². The molecular formula is C20H19F2KN4O5. The van der Waals surface area contributed by atoms with Crippen molar-refractivity contribution >= 4 is 17.6 Å². The Labute approximate surface area is 224 Å². The molecule has 3 aromatic rings. The summed E-state index contributed by atoms with van der Waals surface area (Å²) in [5.74, 6) is -7.46. The molecule has 0 unspecified atom stereocenters. The van der Waals surface area contributed by atoms with Crippen molar-refractivity contribution in [1.29, 1.82) is 0 Å². The standard InChI is InChI=1S/C20H20F2N4O5.K/c1-3-12-16(31-25-17(12)14-6-5-11(27)8-23-14)7-20(21,22)19(30)24-15-10-26(4-2)9-13(15)18(28)29;/h5-6,8-10,27H,3-4,7H2,1-2H3,(H,24,30)(H,28,29);/q;+1/p-1. The number of hydrogen-bond acceptors (Lipinski definition) is 7. The Balaban J connectivity index is 0.00000363. The Bertz CT molecular complexity index is 1110. The fourth-order valence-corrected chi connectivity index (χ4v) is 3.02. The molecule has 2 N–H and O–H groups in total. The van der Waals surface area contributed by atoms with Gasteiger partial charge in [-0.25, -0.2) is 0 Å². The molecule has 3 aromatic heterocycles. The SMILES string of the molecule is CCc1c(-c2ccc(O)cn2)noc1CC(F)(F)C(=O)Nc1cn(CC)cc1C(=O)[O-].[K+]. The molecule has 3 heterocycles. The summed E-state index contributed by atoms with van der Waals surface area (Å²) in [6.45, 7) is 3.80. The van der Waals surface area contributed by atoms with Crippen molar-refractivity contribution in [2.45, 2.75) is 39.2 Å². The smallest absolute Gasteiger partial charge is 0.545 e. The molecule has 0 aliphatic heterocycles. The van der Waals surface area contributed by atoms with Crippen molar-refractivity contribution < 1.29 is 84.5 Å². The third-order valence-electron chi connectivity index (χ3n) is 4.64. The van der Waals surface area contributed by atoms with E-state index in [1.165, 1.54) is 35.3 Å². The van der Waals surface area contributed by atoms with Crippen LogP contribution in [0.3, 0.4) is 0 Å². The van der Waals surface area contributed by atoms with Gasteiger partial charge >= 0.3 is 57.3 Å². The molecule has 0 saturated heterocycles. The first-order valence-corrected chi connectivity index (χ1v) is 9.39. The van der Waals surface area contributed by atoms with Crippen LogP contribution in [0.4, 0.5) is 14.5 Å². The van der Waals surface area contributed by atoms with Gasteiger partial charge in [0.25, 0.3) is 5.91 Å². The van der Waals surface area contributed by atoms with Gasteiger partial charge in [0.05, 0.1) is 30.0 Å². The number of aryl methyl sites for hydroxylation is 1. The molecule has 9 nitrogen and oxygen atoms in total. The van der Waals surface area contributed by atoms with Crippen molar-refractivity contribution in [3.63, 3.8) is 0 Å². The van der Waals surface area contributed by atoms with Crippen LogP contribution in [0.5, 0.6) is 5.75 Å². The van der Waals surface area contributed by atoms with E-state index in [9.17, 15) is 28.6 Å². The van der Waals surface area contributed by atoms with Crippen LogP contribution in [0.25, 0.3) is 11.4 Å². The molecule has 0 fully saturated rings. The van der Waals surface area contributed by atoms with E-state index in [2.05, 4.69) is 10.1 Å². The van der Waals surface area contributed by atoms with Gasteiger partial charge in [-0.05, 0) is 25.5 Å². The summed E-state index contributed by atoms with van der Waals surface area (Å²) in [4.78, 5) is 27.4. The number of nitrogens with zero attached hydrogens (tertiary/aromatic N) is 3. The molecule has 164 valence electrons. The van der Waals surface area contributed by atoms with Crippen molar-refractivity contribution in [2.75, 3.05) is 5.32 Å². The van der Waals surface area contributed by atoms with E-state index >= 15 is 0 Å². The number of carbonyl (C=O) groups is 2. The van der Waals surface area contributed by atoms with Gasteiger partial charge in [0.15, 0.2) is 0 Å². The monoisotopic (exact) mass is 472 g/mol. The summed E-state index contributed by atoms with van der Waals surface area (Å²) in [7, 11) is 0. The second kappa shape index (κ2) is 10.7. The summed E-state index contributed by atoms with van der Waals surface area (Å²) in [5.41, 5.74) is 0.206. The molecule has 0 atom stereocenters. The van der Waals surface area contributed by atoms with E-state index in [0.29, 0.717) is 17.8 Å². The molecule has 0 spiro atoms. The number of rotatable bonds is 8. The average molecular weight is 472 g/mol. The molecule has 0 radical (unpaired) electrons. The van der Waals surface area contributed by atoms with E-state index in [1.807, 2.05) is 5.32 Å². The van der Waals surface area contributed by atoms with Crippen molar-refractivity contribution in [3.05, 3.63) is 47.6 Å². The molecule has 0 aromatic carbocycles. The Kier molecular flexibility index (Phi) is 8.71. The molecule has 0 saturated carbocycles. The minimum Gasteiger partial charge on any atom is -0.545 e. The van der Waals surface area contributed by atoms with Gasteiger partial charge in [-0.1, -0.05) is 12.1 Å². The number of carbonyl (C=O) groups excluding carboxylic acids is 2. The van der Waals surface area contributed by atoms with E-state index in [4.69, 9.17) is 4.52 Å². The van der Waals surface area contributed by atoms with Crippen molar-refractivity contribution in [2.24, 2.45) is 0 Å². The molecule has 12 heteroatoms. The first-order chi connectivity index (χ1) is 14.7. The number of alkyl halides is 2. The van der Waals surface area contributed by atoms with E-state index in [1.54, 1.807) is 13.8 Å². The van der Waals surface area contributed by atoms with Crippen LogP contribution in [-0.2, 0) is 24.2 Å². The number of aromatic nitrogens is 3. The predicted molar refractivity (Wildman–Crippen MR) is 102 cm³/mol. The number of amides is 1. The first kappa shape index (κ1) is 26.1. The zero-order valence-electron chi connectivity index (χ0n) is 17.7. The zero-order valence-corrected chi connectivity index (χ0v) is 20.8. The van der Waals surface area contributed by atoms with Gasteiger partial charge in [0.2, 0.25) is 0 Å². The van der Waals surface area contributed by atoms with Crippen molar-refractivity contribution in [1.82, 2.24) is 14.7 Å². The van der Waals surface area contributed by atoms with Crippen LogP contribution in [0, 0.1) is 0 Å². The number of aromatic hydroxyl groups is 1. The summed E-state index contributed by atoms with van der Waals surface area (Å²) in [6, 6.07) is 2.83. The van der Waals surface area contributed by atoms with Gasteiger partial charge in [-0.3, -0.25) is 9.78 Å². The number of aromatic carboxylic acids is 1. The van der Waals surface area contributed by atoms with Gasteiger partial charge in [0, 0.05) is 30.1 Å². The molecule has 3 rings (SSSR count). The molecule has 1 amide bonds. The van der Waals surface area contributed by atoms with Crippen molar-refractivity contribution in [3.8, 4) is 17.1 Å². The van der Waals surface area contributed by atoms with Gasteiger partial charge in [-0.15, -0.1) is 0 Å². The number of pyridine rings is 1. The summed E-state index contributed by atoms with van der Waals surface area (Å²) >= 11 is 0. The number of carboxylic acids is 1. The third-order valence-corrected chi connectivity index (χ3v) is 4.64. The second-order valence-corrected chi connectivity index (χ2v) is 6.73. The number of halogens is 2. The quantitative estimate of drug-likeness (QED) is 0.402.